The average molecular weight is 340 g/mol. The molecule has 0 fully saturated rings. The van der Waals surface area contributed by atoms with Crippen LogP contribution in [-0.2, 0) is 16.0 Å². The minimum absolute atomic E-state index is 0.324. The summed E-state index contributed by atoms with van der Waals surface area (Å²) in [5.41, 5.74) is 1.10. The van der Waals surface area contributed by atoms with E-state index in [9.17, 15) is 9.59 Å². The van der Waals surface area contributed by atoms with Crippen LogP contribution in [0.5, 0.6) is 0 Å². The van der Waals surface area contributed by atoms with Gasteiger partial charge < -0.3 is 10.1 Å². The quantitative estimate of drug-likeness (QED) is 0.847. The molecule has 0 saturated heterocycles. The van der Waals surface area contributed by atoms with Crippen molar-refractivity contribution in [3.05, 3.63) is 39.9 Å². The van der Waals surface area contributed by atoms with Crippen LogP contribution in [0.1, 0.15) is 29.2 Å². The molecule has 0 spiro atoms. The molecule has 2 rings (SSSR count). The highest BCUT2D eigenvalue weighted by Crippen LogP contribution is 2.17. The molecule has 0 aliphatic carbocycles. The summed E-state index contributed by atoms with van der Waals surface area (Å²) in [5.74, 6) is -1.04. The summed E-state index contributed by atoms with van der Waals surface area (Å²) in [5, 5.41) is 6.98. The summed E-state index contributed by atoms with van der Waals surface area (Å²) in [6.07, 6.45) is -0.373. The fourth-order valence-corrected chi connectivity index (χ4v) is 2.50. The number of hydrogen-bond acceptors (Lipinski definition) is 6. The van der Waals surface area contributed by atoms with Crippen LogP contribution >= 0.6 is 23.1 Å². The molecule has 0 saturated carbocycles. The molecule has 6 nitrogen and oxygen atoms in total. The van der Waals surface area contributed by atoms with Gasteiger partial charge in [0.1, 0.15) is 0 Å². The van der Waals surface area contributed by atoms with E-state index in [-0.39, 0.29) is 0 Å². The minimum Gasteiger partial charge on any atom is -0.448 e. The van der Waals surface area contributed by atoms with E-state index in [4.69, 9.17) is 16.3 Å². The lowest BCUT2D eigenvalue weighted by Crippen LogP contribution is -2.30. The van der Waals surface area contributed by atoms with Gasteiger partial charge in [-0.05, 0) is 43.1 Å². The van der Waals surface area contributed by atoms with Gasteiger partial charge in [0.05, 0.1) is 5.69 Å². The predicted octanol–water partition coefficient (Wildman–Crippen LogP) is 2.94. The van der Waals surface area contributed by atoms with Gasteiger partial charge >= 0.3 is 5.97 Å². The molecule has 1 amide bonds. The van der Waals surface area contributed by atoms with E-state index in [0.29, 0.717) is 27.7 Å². The molecule has 0 unspecified atom stereocenters. The Labute approximate surface area is 136 Å². The third kappa shape index (κ3) is 4.02. The van der Waals surface area contributed by atoms with Crippen LogP contribution < -0.4 is 5.32 Å². The van der Waals surface area contributed by atoms with Gasteiger partial charge in [0.2, 0.25) is 0 Å². The van der Waals surface area contributed by atoms with Crippen molar-refractivity contribution in [1.82, 2.24) is 9.59 Å². The lowest BCUT2D eigenvalue weighted by Gasteiger charge is -2.13. The monoisotopic (exact) mass is 339 g/mol. The van der Waals surface area contributed by atoms with Crippen molar-refractivity contribution in [2.24, 2.45) is 0 Å². The fourth-order valence-electron chi connectivity index (χ4n) is 1.67. The van der Waals surface area contributed by atoms with Crippen LogP contribution in [0.4, 0.5) is 5.69 Å². The van der Waals surface area contributed by atoms with Crippen molar-refractivity contribution in [3.8, 4) is 0 Å². The number of amides is 1. The van der Waals surface area contributed by atoms with Gasteiger partial charge in [-0.25, -0.2) is 4.79 Å². The van der Waals surface area contributed by atoms with E-state index in [2.05, 4.69) is 14.9 Å². The van der Waals surface area contributed by atoms with Crippen molar-refractivity contribution in [3.63, 3.8) is 0 Å². The SMILES string of the molecule is CCc1nnsc1C(=O)O[C@@H](C)C(=O)Nc1cccc(Cl)c1. The fraction of sp³-hybridized carbons (Fsp3) is 0.286. The van der Waals surface area contributed by atoms with Crippen LogP contribution in [-0.4, -0.2) is 27.6 Å². The number of carbonyl (C=O) groups excluding carboxylic acids is 2. The van der Waals surface area contributed by atoms with Crippen LogP contribution in [0.3, 0.4) is 0 Å². The van der Waals surface area contributed by atoms with Gasteiger partial charge in [-0.1, -0.05) is 29.1 Å². The van der Waals surface area contributed by atoms with Gasteiger partial charge in [0.25, 0.3) is 5.91 Å². The highest BCUT2D eigenvalue weighted by Gasteiger charge is 2.22. The van der Waals surface area contributed by atoms with Crippen LogP contribution in [0.2, 0.25) is 5.02 Å². The van der Waals surface area contributed by atoms with Crippen LogP contribution in [0.25, 0.3) is 0 Å². The first-order chi connectivity index (χ1) is 10.5. The first-order valence-corrected chi connectivity index (χ1v) is 7.75. The maximum absolute atomic E-state index is 12.0. The molecule has 1 heterocycles. The largest absolute Gasteiger partial charge is 0.448 e. The van der Waals surface area contributed by atoms with E-state index < -0.39 is 18.0 Å². The first-order valence-electron chi connectivity index (χ1n) is 6.60. The highest BCUT2D eigenvalue weighted by atomic mass is 35.5. The molecule has 1 N–H and O–H groups in total. The maximum Gasteiger partial charge on any atom is 0.352 e. The molecule has 2 aromatic rings. The second-order valence-electron chi connectivity index (χ2n) is 4.45. The average Bonchev–Trinajstić information content (AvgIpc) is 2.95. The molecule has 116 valence electrons. The third-order valence-corrected chi connectivity index (χ3v) is 3.80. The number of halogens is 1. The number of aryl methyl sites for hydroxylation is 1. The number of ether oxygens (including phenoxy) is 1. The van der Waals surface area contributed by atoms with Gasteiger partial charge in [-0.15, -0.1) is 5.10 Å². The van der Waals surface area contributed by atoms with Crippen LogP contribution in [0.15, 0.2) is 24.3 Å². The Hall–Kier alpha value is -1.99. The number of anilines is 1. The minimum atomic E-state index is -0.946. The predicted molar refractivity (Wildman–Crippen MR) is 84.2 cm³/mol. The molecule has 22 heavy (non-hydrogen) atoms. The lowest BCUT2D eigenvalue weighted by molar-refractivity contribution is -0.123. The molecular formula is C14H14ClN3O3S. The van der Waals surface area contributed by atoms with Gasteiger partial charge in [0, 0.05) is 10.7 Å². The summed E-state index contributed by atoms with van der Waals surface area (Å²) in [6, 6.07) is 6.71. The highest BCUT2D eigenvalue weighted by molar-refractivity contribution is 7.07. The number of benzene rings is 1. The van der Waals surface area contributed by atoms with E-state index in [1.54, 1.807) is 24.3 Å². The van der Waals surface area contributed by atoms with E-state index in [0.717, 1.165) is 11.5 Å². The van der Waals surface area contributed by atoms with Gasteiger partial charge in [-0.3, -0.25) is 4.79 Å². The summed E-state index contributed by atoms with van der Waals surface area (Å²) in [7, 11) is 0. The lowest BCUT2D eigenvalue weighted by atomic mass is 10.3. The summed E-state index contributed by atoms with van der Waals surface area (Å²) < 4.78 is 8.87. The van der Waals surface area contributed by atoms with Crippen molar-refractivity contribution >= 4 is 40.7 Å². The zero-order valence-corrected chi connectivity index (χ0v) is 13.6. The molecule has 0 bridgehead atoms. The number of aromatic nitrogens is 2. The van der Waals surface area contributed by atoms with Gasteiger partial charge in [-0.2, -0.15) is 0 Å². The van der Waals surface area contributed by atoms with Gasteiger partial charge in [0.15, 0.2) is 11.0 Å². The van der Waals surface area contributed by atoms with Crippen molar-refractivity contribution in [2.75, 3.05) is 5.32 Å². The Morgan fingerprint density at radius 2 is 2.23 bits per heavy atom. The standard InChI is InChI=1S/C14H14ClN3O3S/c1-3-11-12(22-18-17-11)14(20)21-8(2)13(19)16-10-6-4-5-9(15)7-10/h4-8H,3H2,1-2H3,(H,16,19)/t8-/m0/s1. The number of hydrogen-bond donors (Lipinski definition) is 1. The first kappa shape index (κ1) is 16.4. The number of rotatable bonds is 5. The normalized spacial score (nSPS) is 11.8. The van der Waals surface area contributed by atoms with E-state index in [1.165, 1.54) is 6.92 Å². The number of nitrogens with zero attached hydrogens (tertiary/aromatic N) is 2. The zero-order chi connectivity index (χ0) is 16.1. The third-order valence-electron chi connectivity index (χ3n) is 2.82. The molecule has 1 atom stereocenters. The van der Waals surface area contributed by atoms with Crippen molar-refractivity contribution < 1.29 is 14.3 Å². The smallest absolute Gasteiger partial charge is 0.352 e. The Bertz CT molecular complexity index is 689. The van der Waals surface area contributed by atoms with Crippen molar-refractivity contribution in [2.45, 2.75) is 26.4 Å². The topological polar surface area (TPSA) is 81.2 Å². The molecule has 1 aromatic carbocycles. The maximum atomic E-state index is 12.0. The molecule has 0 aliphatic rings. The molecule has 0 aliphatic heterocycles. The Morgan fingerprint density at radius 3 is 2.91 bits per heavy atom. The Balaban J connectivity index is 1.98. The molecule has 1 aromatic heterocycles. The number of esters is 1. The second-order valence-corrected chi connectivity index (χ2v) is 5.64. The van der Waals surface area contributed by atoms with E-state index >= 15 is 0 Å². The van der Waals surface area contributed by atoms with E-state index in [1.807, 2.05) is 6.92 Å². The molecule has 0 radical (unpaired) electrons. The molecule has 8 heteroatoms. The van der Waals surface area contributed by atoms with Crippen molar-refractivity contribution in [1.29, 1.82) is 0 Å². The Kier molecular flexibility index (Phi) is 5.46. The number of nitrogens with one attached hydrogen (secondary N) is 1. The Morgan fingerprint density at radius 1 is 1.45 bits per heavy atom. The zero-order valence-electron chi connectivity index (χ0n) is 12.0. The summed E-state index contributed by atoms with van der Waals surface area (Å²) >= 11 is 6.80. The second kappa shape index (κ2) is 7.33. The summed E-state index contributed by atoms with van der Waals surface area (Å²) in [4.78, 5) is 24.4. The number of carbonyl (C=O) groups is 2. The van der Waals surface area contributed by atoms with Crippen LogP contribution in [0, 0.1) is 0 Å². The molecular weight excluding hydrogens is 326 g/mol. The summed E-state index contributed by atoms with van der Waals surface area (Å²) in [6.45, 7) is 3.36.